The number of aryl methyl sites for hydroxylation is 1. The lowest BCUT2D eigenvalue weighted by atomic mass is 10.3. The largest absolute Gasteiger partial charge is 0.300 e. The van der Waals surface area contributed by atoms with E-state index in [9.17, 15) is 4.79 Å². The molecule has 9 heteroatoms. The van der Waals surface area contributed by atoms with Crippen molar-refractivity contribution in [3.63, 3.8) is 0 Å². The zero-order chi connectivity index (χ0) is 17.8. The van der Waals surface area contributed by atoms with E-state index in [1.165, 1.54) is 16.2 Å². The first-order valence-corrected chi connectivity index (χ1v) is 11.4. The van der Waals surface area contributed by atoms with Gasteiger partial charge in [0.1, 0.15) is 0 Å². The first-order chi connectivity index (χ1) is 12.8. The minimum atomic E-state index is -0.0600. The molecule has 26 heavy (non-hydrogen) atoms. The molecule has 0 unspecified atom stereocenters. The molecule has 3 aromatic heterocycles. The number of fused-ring (bicyclic) bond motifs is 1. The van der Waals surface area contributed by atoms with E-state index < -0.39 is 0 Å². The van der Waals surface area contributed by atoms with Gasteiger partial charge in [0.25, 0.3) is 0 Å². The number of thioether (sulfide) groups is 1. The summed E-state index contributed by atoms with van der Waals surface area (Å²) in [6.45, 7) is 0. The highest BCUT2D eigenvalue weighted by molar-refractivity contribution is 8.00. The monoisotopic (exact) mass is 418 g/mol. The summed E-state index contributed by atoms with van der Waals surface area (Å²) < 4.78 is 2.01. The van der Waals surface area contributed by atoms with Crippen molar-refractivity contribution in [3.8, 4) is 0 Å². The maximum atomic E-state index is 12.2. The third-order valence-corrected chi connectivity index (χ3v) is 7.65. The number of hydrogen-bond acceptors (Lipinski definition) is 8. The van der Waals surface area contributed by atoms with E-state index in [2.05, 4.69) is 31.9 Å². The number of rotatable bonds is 7. The van der Waals surface area contributed by atoms with E-state index in [4.69, 9.17) is 0 Å². The van der Waals surface area contributed by atoms with E-state index in [1.54, 1.807) is 34.4 Å². The van der Waals surface area contributed by atoms with Crippen LogP contribution >= 0.6 is 45.8 Å². The number of hydrogen-bond donors (Lipinski definition) is 1. The van der Waals surface area contributed by atoms with Crippen molar-refractivity contribution in [3.05, 3.63) is 51.7 Å². The zero-order valence-corrected chi connectivity index (χ0v) is 16.8. The van der Waals surface area contributed by atoms with Crippen LogP contribution in [-0.4, -0.2) is 21.1 Å². The van der Waals surface area contributed by atoms with Gasteiger partial charge >= 0.3 is 0 Å². The molecule has 132 valence electrons. The van der Waals surface area contributed by atoms with Crippen LogP contribution in [0.5, 0.6) is 0 Å². The molecule has 0 spiro atoms. The van der Waals surface area contributed by atoms with Crippen molar-refractivity contribution in [1.82, 2.24) is 15.2 Å². The fourth-order valence-corrected chi connectivity index (χ4v) is 5.78. The van der Waals surface area contributed by atoms with Gasteiger partial charge in [-0.05, 0) is 23.6 Å². The van der Waals surface area contributed by atoms with Gasteiger partial charge in [0, 0.05) is 23.5 Å². The van der Waals surface area contributed by atoms with Crippen molar-refractivity contribution in [1.29, 1.82) is 0 Å². The van der Waals surface area contributed by atoms with Crippen LogP contribution < -0.4 is 5.32 Å². The number of nitrogens with one attached hydrogen (secondary N) is 1. The number of carbonyl (C=O) groups excluding carboxylic acids is 1. The molecule has 1 aromatic carbocycles. The van der Waals surface area contributed by atoms with Gasteiger partial charge < -0.3 is 5.32 Å². The quantitative estimate of drug-likeness (QED) is 0.335. The molecule has 1 amide bonds. The predicted octanol–water partition coefficient (Wildman–Crippen LogP) is 5.07. The second-order valence-corrected chi connectivity index (χ2v) is 9.71. The Bertz CT molecular complexity index is 976. The van der Waals surface area contributed by atoms with Gasteiger partial charge in [0.05, 0.1) is 15.2 Å². The van der Waals surface area contributed by atoms with Crippen molar-refractivity contribution < 1.29 is 4.79 Å². The summed E-state index contributed by atoms with van der Waals surface area (Å²) in [6, 6.07) is 12.2. The van der Waals surface area contributed by atoms with Crippen LogP contribution in [0, 0.1) is 0 Å². The second kappa shape index (κ2) is 8.26. The lowest BCUT2D eigenvalue weighted by Crippen LogP contribution is -2.12. The van der Waals surface area contributed by atoms with Gasteiger partial charge in [-0.3, -0.25) is 4.79 Å². The minimum Gasteiger partial charge on any atom is -0.300 e. The Balaban J connectivity index is 1.27. The number of benzene rings is 1. The van der Waals surface area contributed by atoms with Crippen LogP contribution in [-0.2, 0) is 17.0 Å². The third-order valence-electron chi connectivity index (χ3n) is 3.47. The predicted molar refractivity (Wildman–Crippen MR) is 110 cm³/mol. The van der Waals surface area contributed by atoms with E-state index in [0.29, 0.717) is 18.0 Å². The van der Waals surface area contributed by atoms with Crippen molar-refractivity contribution >= 4 is 67.0 Å². The molecule has 0 fully saturated rings. The minimum absolute atomic E-state index is 0.0600. The molecule has 1 N–H and O–H groups in total. The topological polar surface area (TPSA) is 67.8 Å². The summed E-state index contributed by atoms with van der Waals surface area (Å²) in [4.78, 5) is 18.0. The van der Waals surface area contributed by atoms with Crippen LogP contribution in [0.15, 0.2) is 46.1 Å². The molecule has 4 rings (SSSR count). The van der Waals surface area contributed by atoms with Gasteiger partial charge in [0.15, 0.2) is 4.34 Å². The molecule has 0 aliphatic carbocycles. The van der Waals surface area contributed by atoms with E-state index in [1.807, 2.05) is 30.3 Å². The van der Waals surface area contributed by atoms with Crippen LogP contribution in [0.3, 0.4) is 0 Å². The Labute approximate surface area is 166 Å². The van der Waals surface area contributed by atoms with Crippen LogP contribution in [0.4, 0.5) is 5.13 Å². The standard InChI is InChI=1S/C17H14N4OS4/c22-14(7-8-15-18-12-5-1-2-6-13(12)25-15)19-16-20-21-17(26-16)24-10-11-4-3-9-23-11/h1-6,9H,7-8,10H2,(H,19,20,22). The van der Waals surface area contributed by atoms with Crippen LogP contribution in [0.2, 0.25) is 0 Å². The van der Waals surface area contributed by atoms with E-state index in [0.717, 1.165) is 25.3 Å². The Morgan fingerprint density at radius 2 is 2.04 bits per heavy atom. The second-order valence-electron chi connectivity index (χ2n) is 5.36. The summed E-state index contributed by atoms with van der Waals surface area (Å²) >= 11 is 6.41. The molecule has 4 aromatic rings. The molecule has 0 saturated carbocycles. The molecule has 0 aliphatic rings. The van der Waals surface area contributed by atoms with E-state index in [-0.39, 0.29) is 5.91 Å². The van der Waals surface area contributed by atoms with Gasteiger partial charge in [-0.15, -0.1) is 32.9 Å². The Kier molecular flexibility index (Phi) is 5.59. The maximum absolute atomic E-state index is 12.2. The zero-order valence-electron chi connectivity index (χ0n) is 13.5. The number of anilines is 1. The van der Waals surface area contributed by atoms with Gasteiger partial charge in [-0.25, -0.2) is 4.98 Å². The number of thiazole rings is 1. The molecule has 3 heterocycles. The Morgan fingerprint density at radius 1 is 1.12 bits per heavy atom. The lowest BCUT2D eigenvalue weighted by Gasteiger charge is -1.98. The third kappa shape index (κ3) is 4.47. The smallest absolute Gasteiger partial charge is 0.226 e. The number of nitrogens with zero attached hydrogens (tertiary/aromatic N) is 3. The number of carbonyl (C=O) groups is 1. The van der Waals surface area contributed by atoms with Crippen LogP contribution in [0.1, 0.15) is 16.3 Å². The van der Waals surface area contributed by atoms with Crippen molar-refractivity contribution in [2.24, 2.45) is 0 Å². The Hall–Kier alpha value is -1.81. The van der Waals surface area contributed by atoms with E-state index >= 15 is 0 Å². The molecule has 0 radical (unpaired) electrons. The summed E-state index contributed by atoms with van der Waals surface area (Å²) in [5.41, 5.74) is 0.990. The first-order valence-electron chi connectivity index (χ1n) is 7.89. The normalized spacial score (nSPS) is 11.1. The molecule has 0 bridgehead atoms. The Morgan fingerprint density at radius 3 is 2.88 bits per heavy atom. The number of aromatic nitrogens is 3. The molecular formula is C17H14N4OS4. The average molecular weight is 419 g/mol. The summed E-state index contributed by atoms with van der Waals surface area (Å²) in [7, 11) is 0. The van der Waals surface area contributed by atoms with Crippen molar-refractivity contribution in [2.75, 3.05) is 5.32 Å². The summed E-state index contributed by atoms with van der Waals surface area (Å²) in [5, 5.41) is 14.6. The maximum Gasteiger partial charge on any atom is 0.226 e. The van der Waals surface area contributed by atoms with Gasteiger partial charge in [-0.2, -0.15) is 0 Å². The van der Waals surface area contributed by atoms with Gasteiger partial charge in [0.2, 0.25) is 11.0 Å². The number of para-hydroxylation sites is 1. The fraction of sp³-hybridized carbons (Fsp3) is 0.176. The highest BCUT2D eigenvalue weighted by Gasteiger charge is 2.11. The molecule has 0 aliphatic heterocycles. The molecular weight excluding hydrogens is 404 g/mol. The number of amides is 1. The summed E-state index contributed by atoms with van der Waals surface area (Å²) in [6.07, 6.45) is 1.01. The SMILES string of the molecule is O=C(CCc1nc2ccccc2s1)Nc1nnc(SCc2cccs2)s1. The van der Waals surface area contributed by atoms with Gasteiger partial charge in [-0.1, -0.05) is 41.3 Å². The highest BCUT2D eigenvalue weighted by atomic mass is 32.2. The first kappa shape index (κ1) is 17.6. The fourth-order valence-electron chi connectivity index (χ4n) is 2.28. The lowest BCUT2D eigenvalue weighted by molar-refractivity contribution is -0.116. The number of thiophene rings is 1. The molecule has 0 atom stereocenters. The average Bonchev–Trinajstić information content (AvgIpc) is 3.38. The molecule has 5 nitrogen and oxygen atoms in total. The van der Waals surface area contributed by atoms with Crippen LogP contribution in [0.25, 0.3) is 10.2 Å². The van der Waals surface area contributed by atoms with Crippen molar-refractivity contribution in [2.45, 2.75) is 22.9 Å². The highest BCUT2D eigenvalue weighted by Crippen LogP contribution is 2.29. The molecule has 0 saturated heterocycles. The summed E-state index contributed by atoms with van der Waals surface area (Å²) in [5.74, 6) is 0.813.